The molecule has 0 atom stereocenters. The van der Waals surface area contributed by atoms with E-state index in [9.17, 15) is 0 Å². The molecule has 0 saturated heterocycles. The van der Waals surface area contributed by atoms with Crippen molar-refractivity contribution in [3.63, 3.8) is 0 Å². The minimum atomic E-state index is 0.717. The van der Waals surface area contributed by atoms with Gasteiger partial charge in [-0.1, -0.05) is 87.9 Å². The highest BCUT2D eigenvalue weighted by molar-refractivity contribution is 6.33. The van der Waals surface area contributed by atoms with Gasteiger partial charge in [0.25, 0.3) is 0 Å². The van der Waals surface area contributed by atoms with Gasteiger partial charge in [0.05, 0.1) is 0 Å². The SMILES string of the molecule is Cc1ccc(Cl)c(Cc2cc(C)cc(Cc3cc(C)cc(C)c3Cl)c2Cl)c1. The molecule has 0 aliphatic rings. The summed E-state index contributed by atoms with van der Waals surface area (Å²) < 4.78 is 0. The maximum Gasteiger partial charge on any atom is 0.0476 e. The average Bonchev–Trinajstić information content (AvgIpc) is 2.59. The Morgan fingerprint density at radius 3 is 1.67 bits per heavy atom. The van der Waals surface area contributed by atoms with E-state index in [0.29, 0.717) is 6.42 Å². The first kappa shape index (κ1) is 20.3. The summed E-state index contributed by atoms with van der Waals surface area (Å²) in [4.78, 5) is 0. The maximum atomic E-state index is 6.82. The Bertz CT molecular complexity index is 1000. The molecule has 0 N–H and O–H groups in total. The molecule has 3 aromatic carbocycles. The van der Waals surface area contributed by atoms with Crippen molar-refractivity contribution in [2.24, 2.45) is 0 Å². The van der Waals surface area contributed by atoms with Gasteiger partial charge in [0.2, 0.25) is 0 Å². The van der Waals surface area contributed by atoms with Gasteiger partial charge in [-0.15, -0.1) is 0 Å². The molecule has 0 aromatic heterocycles. The van der Waals surface area contributed by atoms with Crippen molar-refractivity contribution in [3.05, 3.63) is 102 Å². The van der Waals surface area contributed by atoms with Crippen LogP contribution >= 0.6 is 34.8 Å². The number of hydrogen-bond acceptors (Lipinski definition) is 0. The Labute approximate surface area is 177 Å². The van der Waals surface area contributed by atoms with Gasteiger partial charge in [-0.2, -0.15) is 0 Å². The second-order valence-corrected chi connectivity index (χ2v) is 8.56. The van der Waals surface area contributed by atoms with E-state index in [1.807, 2.05) is 19.1 Å². The number of hydrogen-bond donors (Lipinski definition) is 0. The zero-order valence-corrected chi connectivity index (χ0v) is 18.4. The number of rotatable bonds is 4. The van der Waals surface area contributed by atoms with E-state index in [1.54, 1.807) is 0 Å². The zero-order chi connectivity index (χ0) is 19.7. The third kappa shape index (κ3) is 4.69. The molecule has 3 heteroatoms. The second-order valence-electron chi connectivity index (χ2n) is 7.40. The van der Waals surface area contributed by atoms with Crippen LogP contribution in [0.3, 0.4) is 0 Å². The van der Waals surface area contributed by atoms with E-state index in [-0.39, 0.29) is 0 Å². The Morgan fingerprint density at radius 2 is 1.04 bits per heavy atom. The van der Waals surface area contributed by atoms with Crippen molar-refractivity contribution in [2.75, 3.05) is 0 Å². The van der Waals surface area contributed by atoms with E-state index in [4.69, 9.17) is 34.8 Å². The second kappa shape index (κ2) is 8.27. The van der Waals surface area contributed by atoms with E-state index >= 15 is 0 Å². The molecule has 0 saturated carbocycles. The summed E-state index contributed by atoms with van der Waals surface area (Å²) in [7, 11) is 0. The summed E-state index contributed by atoms with van der Waals surface area (Å²) in [5.74, 6) is 0. The highest BCUT2D eigenvalue weighted by Crippen LogP contribution is 2.32. The van der Waals surface area contributed by atoms with Crippen molar-refractivity contribution in [3.8, 4) is 0 Å². The highest BCUT2D eigenvalue weighted by atomic mass is 35.5. The quantitative estimate of drug-likeness (QED) is 0.402. The fraction of sp³-hybridized carbons (Fsp3) is 0.250. The third-order valence-electron chi connectivity index (χ3n) is 4.80. The molecule has 0 spiro atoms. The van der Waals surface area contributed by atoms with Crippen molar-refractivity contribution in [2.45, 2.75) is 40.5 Å². The van der Waals surface area contributed by atoms with Crippen molar-refractivity contribution in [1.82, 2.24) is 0 Å². The van der Waals surface area contributed by atoms with Crippen LogP contribution in [0.25, 0.3) is 0 Å². The van der Waals surface area contributed by atoms with Crippen molar-refractivity contribution < 1.29 is 0 Å². The maximum absolute atomic E-state index is 6.82. The smallest absolute Gasteiger partial charge is 0.0476 e. The van der Waals surface area contributed by atoms with E-state index in [0.717, 1.165) is 49.3 Å². The first-order valence-corrected chi connectivity index (χ1v) is 10.2. The monoisotopic (exact) mass is 416 g/mol. The van der Waals surface area contributed by atoms with Crippen molar-refractivity contribution >= 4 is 34.8 Å². The van der Waals surface area contributed by atoms with E-state index in [2.05, 4.69) is 51.1 Å². The molecule has 0 unspecified atom stereocenters. The molecule has 3 aromatic rings. The minimum absolute atomic E-state index is 0.717. The van der Waals surface area contributed by atoms with Crippen LogP contribution in [0.1, 0.15) is 44.5 Å². The predicted octanol–water partition coefficient (Wildman–Crippen LogP) is 8.06. The fourth-order valence-corrected chi connectivity index (χ4v) is 4.20. The van der Waals surface area contributed by atoms with Crippen LogP contribution in [0.15, 0.2) is 42.5 Å². The first-order valence-electron chi connectivity index (χ1n) is 9.03. The molecular formula is C24H23Cl3. The largest absolute Gasteiger partial charge is 0.0840 e. The molecule has 27 heavy (non-hydrogen) atoms. The van der Waals surface area contributed by atoms with E-state index in [1.165, 1.54) is 16.7 Å². The summed E-state index contributed by atoms with van der Waals surface area (Å²) in [5, 5.41) is 2.40. The van der Waals surface area contributed by atoms with Gasteiger partial charge in [-0.25, -0.2) is 0 Å². The molecule has 0 radical (unpaired) electrons. The zero-order valence-electron chi connectivity index (χ0n) is 16.1. The van der Waals surface area contributed by atoms with Crippen LogP contribution in [-0.2, 0) is 12.8 Å². The summed E-state index contributed by atoms with van der Waals surface area (Å²) >= 11 is 19.8. The molecule has 0 aliphatic heterocycles. The van der Waals surface area contributed by atoms with Gasteiger partial charge in [0.15, 0.2) is 0 Å². The van der Waals surface area contributed by atoms with Crippen LogP contribution in [0.4, 0.5) is 0 Å². The number of halogens is 3. The summed E-state index contributed by atoms with van der Waals surface area (Å²) in [6.07, 6.45) is 1.44. The van der Waals surface area contributed by atoms with Crippen LogP contribution < -0.4 is 0 Å². The lowest BCUT2D eigenvalue weighted by atomic mass is 9.95. The van der Waals surface area contributed by atoms with Gasteiger partial charge in [-0.3, -0.25) is 0 Å². The third-order valence-corrected chi connectivity index (χ3v) is 6.20. The minimum Gasteiger partial charge on any atom is -0.0840 e. The van der Waals surface area contributed by atoms with Gasteiger partial charge in [0, 0.05) is 27.9 Å². The summed E-state index contributed by atoms with van der Waals surface area (Å²) in [6.45, 7) is 8.31. The van der Waals surface area contributed by atoms with Gasteiger partial charge in [0.1, 0.15) is 0 Å². The molecule has 3 rings (SSSR count). The highest BCUT2D eigenvalue weighted by Gasteiger charge is 2.13. The van der Waals surface area contributed by atoms with Crippen LogP contribution in [0.2, 0.25) is 15.1 Å². The molecule has 0 nitrogen and oxygen atoms in total. The predicted molar refractivity (Wildman–Crippen MR) is 119 cm³/mol. The lowest BCUT2D eigenvalue weighted by molar-refractivity contribution is 1.11. The molecular weight excluding hydrogens is 395 g/mol. The lowest BCUT2D eigenvalue weighted by Gasteiger charge is -2.15. The molecule has 140 valence electrons. The molecule has 0 heterocycles. The Morgan fingerprint density at radius 1 is 0.556 bits per heavy atom. The van der Waals surface area contributed by atoms with Crippen molar-refractivity contribution in [1.29, 1.82) is 0 Å². The summed E-state index contributed by atoms with van der Waals surface area (Å²) in [6, 6.07) is 14.6. The van der Waals surface area contributed by atoms with Gasteiger partial charge < -0.3 is 0 Å². The molecule has 0 aliphatic carbocycles. The van der Waals surface area contributed by atoms with Crippen LogP contribution in [0.5, 0.6) is 0 Å². The summed E-state index contributed by atoms with van der Waals surface area (Å²) in [5.41, 5.74) is 9.10. The fourth-order valence-electron chi connectivity index (χ4n) is 3.60. The van der Waals surface area contributed by atoms with Gasteiger partial charge >= 0.3 is 0 Å². The molecule has 0 bridgehead atoms. The lowest BCUT2D eigenvalue weighted by Crippen LogP contribution is -1.99. The normalized spacial score (nSPS) is 11.1. The Kier molecular flexibility index (Phi) is 6.21. The Hall–Kier alpha value is -1.47. The number of aryl methyl sites for hydroxylation is 4. The van der Waals surface area contributed by atoms with E-state index < -0.39 is 0 Å². The number of benzene rings is 3. The van der Waals surface area contributed by atoms with Crippen LogP contribution in [-0.4, -0.2) is 0 Å². The Balaban J connectivity index is 2.00. The first-order chi connectivity index (χ1) is 12.7. The molecule has 0 fully saturated rings. The topological polar surface area (TPSA) is 0 Å². The average molecular weight is 418 g/mol. The van der Waals surface area contributed by atoms with Gasteiger partial charge in [-0.05, 0) is 61.6 Å². The molecule has 0 amide bonds. The van der Waals surface area contributed by atoms with Crippen LogP contribution in [0, 0.1) is 27.7 Å². The standard InChI is InChI=1S/C24H23Cl3/c1-14-5-6-22(25)18(8-14)12-20-10-16(3)11-21(24(20)27)13-19-9-15(2)7-17(4)23(19)26/h5-11H,12-13H2,1-4H3.